The molecule has 0 unspecified atom stereocenters. The summed E-state index contributed by atoms with van der Waals surface area (Å²) in [6, 6.07) is 0. The van der Waals surface area contributed by atoms with E-state index < -0.39 is 15.6 Å². The van der Waals surface area contributed by atoms with E-state index in [1.807, 2.05) is 13.8 Å². The summed E-state index contributed by atoms with van der Waals surface area (Å²) >= 11 is 0. The average Bonchev–Trinajstić information content (AvgIpc) is 2.38. The van der Waals surface area contributed by atoms with Crippen LogP contribution >= 0.6 is 0 Å². The van der Waals surface area contributed by atoms with Crippen LogP contribution in [-0.4, -0.2) is 19.1 Å². The molecule has 0 spiro atoms. The molecule has 0 bridgehead atoms. The molecule has 5 nitrogen and oxygen atoms in total. The predicted octanol–water partition coefficient (Wildman–Crippen LogP) is 2.78. The van der Waals surface area contributed by atoms with Gasteiger partial charge in [0.1, 0.15) is 10.6 Å². The molecule has 0 aromatic carbocycles. The third kappa shape index (κ3) is 4.31. The van der Waals surface area contributed by atoms with Gasteiger partial charge in [0.05, 0.1) is 0 Å². The maximum absolute atomic E-state index is 12.4. The number of nitrogens with one attached hydrogen (secondary N) is 1. The summed E-state index contributed by atoms with van der Waals surface area (Å²) in [6.45, 7) is 13.2. The van der Waals surface area contributed by atoms with E-state index in [1.54, 1.807) is 13.8 Å². The van der Waals surface area contributed by atoms with Crippen LogP contribution in [0.3, 0.4) is 0 Å². The molecule has 1 aromatic heterocycles. The van der Waals surface area contributed by atoms with Crippen molar-refractivity contribution < 1.29 is 12.9 Å². The Morgan fingerprint density at radius 3 is 2.05 bits per heavy atom. The van der Waals surface area contributed by atoms with Gasteiger partial charge in [0.15, 0.2) is 5.76 Å². The monoisotopic (exact) mass is 288 g/mol. The van der Waals surface area contributed by atoms with Gasteiger partial charge in [-0.25, -0.2) is 13.1 Å². The smallest absolute Gasteiger partial charge is 0.246 e. The highest BCUT2D eigenvalue weighted by molar-refractivity contribution is 7.89. The molecule has 0 amide bonds. The quantitative estimate of drug-likeness (QED) is 0.924. The molecule has 0 saturated heterocycles. The van der Waals surface area contributed by atoms with Crippen molar-refractivity contribution in [3.8, 4) is 0 Å². The molecular weight excluding hydrogens is 264 g/mol. The van der Waals surface area contributed by atoms with Crippen LogP contribution in [0.25, 0.3) is 0 Å². The molecule has 1 N–H and O–H groups in total. The van der Waals surface area contributed by atoms with E-state index in [-0.39, 0.29) is 10.3 Å². The minimum Gasteiger partial charge on any atom is -0.360 e. The zero-order valence-electron chi connectivity index (χ0n) is 12.8. The third-order valence-corrected chi connectivity index (χ3v) is 4.56. The molecule has 0 aliphatic rings. The summed E-state index contributed by atoms with van der Waals surface area (Å²) in [7, 11) is -3.61. The largest absolute Gasteiger partial charge is 0.360 e. The molecule has 19 heavy (non-hydrogen) atoms. The Morgan fingerprint density at radius 2 is 1.68 bits per heavy atom. The Morgan fingerprint density at radius 1 is 1.16 bits per heavy atom. The molecule has 6 heteroatoms. The van der Waals surface area contributed by atoms with E-state index in [1.165, 1.54) is 0 Å². The number of hydrogen-bond donors (Lipinski definition) is 1. The van der Waals surface area contributed by atoms with Crippen molar-refractivity contribution >= 4 is 10.0 Å². The van der Waals surface area contributed by atoms with Gasteiger partial charge < -0.3 is 4.52 Å². The van der Waals surface area contributed by atoms with Crippen LogP contribution in [0.5, 0.6) is 0 Å². The fraction of sp³-hybridized carbons (Fsp3) is 0.769. The molecule has 0 radical (unpaired) electrons. The van der Waals surface area contributed by atoms with Gasteiger partial charge in [0.2, 0.25) is 10.0 Å². The van der Waals surface area contributed by atoms with Crippen molar-refractivity contribution in [2.75, 3.05) is 0 Å². The van der Waals surface area contributed by atoms with E-state index in [2.05, 4.69) is 30.6 Å². The summed E-state index contributed by atoms with van der Waals surface area (Å²) in [4.78, 5) is 0.148. The fourth-order valence-electron chi connectivity index (χ4n) is 2.63. The summed E-state index contributed by atoms with van der Waals surface area (Å²) in [5, 5.41) is 3.69. The van der Waals surface area contributed by atoms with Gasteiger partial charge in [-0.1, -0.05) is 25.9 Å². The molecule has 110 valence electrons. The lowest BCUT2D eigenvalue weighted by molar-refractivity contribution is 0.269. The van der Waals surface area contributed by atoms with Crippen molar-refractivity contribution in [1.82, 2.24) is 9.88 Å². The molecule has 1 aromatic rings. The molecule has 0 fully saturated rings. The second-order valence-electron chi connectivity index (χ2n) is 6.88. The highest BCUT2D eigenvalue weighted by Gasteiger charge is 2.33. The van der Waals surface area contributed by atoms with E-state index in [9.17, 15) is 8.42 Å². The lowest BCUT2D eigenvalue weighted by Crippen LogP contribution is -2.45. The van der Waals surface area contributed by atoms with Gasteiger partial charge in [-0.2, -0.15) is 0 Å². The Hall–Kier alpha value is -0.880. The van der Waals surface area contributed by atoms with Crippen LogP contribution in [-0.2, 0) is 10.0 Å². The number of aryl methyl sites for hydroxylation is 2. The highest BCUT2D eigenvalue weighted by atomic mass is 32.2. The van der Waals surface area contributed by atoms with Crippen molar-refractivity contribution in [2.45, 2.75) is 65.3 Å². The lowest BCUT2D eigenvalue weighted by Gasteiger charge is -2.32. The standard InChI is InChI=1S/C13H24N2O3S/c1-9-11(10(2)18-14-9)19(16,17)15-13(6,7)8-12(3,4)5/h15H,8H2,1-7H3. The minimum absolute atomic E-state index is 0.0325. The normalized spacial score (nSPS) is 13.8. The van der Waals surface area contributed by atoms with Crippen molar-refractivity contribution in [3.63, 3.8) is 0 Å². The molecule has 0 aliphatic carbocycles. The number of rotatable bonds is 4. The second-order valence-corrected chi connectivity index (χ2v) is 8.50. The SMILES string of the molecule is Cc1noc(C)c1S(=O)(=O)NC(C)(C)CC(C)(C)C. The summed E-state index contributed by atoms with van der Waals surface area (Å²) in [6.07, 6.45) is 0.725. The van der Waals surface area contributed by atoms with Crippen molar-refractivity contribution in [2.24, 2.45) is 5.41 Å². The molecule has 0 aliphatic heterocycles. The van der Waals surface area contributed by atoms with Crippen LogP contribution in [0.15, 0.2) is 9.42 Å². The van der Waals surface area contributed by atoms with Crippen LogP contribution < -0.4 is 4.72 Å². The third-order valence-electron chi connectivity index (χ3n) is 2.62. The summed E-state index contributed by atoms with van der Waals surface area (Å²) in [5.74, 6) is 0.316. The first kappa shape index (κ1) is 16.2. The zero-order valence-corrected chi connectivity index (χ0v) is 13.6. The summed E-state index contributed by atoms with van der Waals surface area (Å²) in [5.41, 5.74) is -0.116. The molecular formula is C13H24N2O3S. The van der Waals surface area contributed by atoms with E-state index in [0.717, 1.165) is 6.42 Å². The molecule has 0 saturated carbocycles. The first-order valence-electron chi connectivity index (χ1n) is 6.31. The van der Waals surface area contributed by atoms with Crippen LogP contribution in [0.4, 0.5) is 0 Å². The molecule has 1 rings (SSSR count). The topological polar surface area (TPSA) is 72.2 Å². The second kappa shape index (κ2) is 4.90. The summed E-state index contributed by atoms with van der Waals surface area (Å²) < 4.78 is 32.5. The van der Waals surface area contributed by atoms with Crippen molar-refractivity contribution in [3.05, 3.63) is 11.5 Å². The fourth-order valence-corrected chi connectivity index (χ4v) is 4.38. The van der Waals surface area contributed by atoms with Crippen LogP contribution in [0, 0.1) is 19.3 Å². The Bertz CT molecular complexity index is 531. The van der Waals surface area contributed by atoms with Gasteiger partial charge >= 0.3 is 0 Å². The van der Waals surface area contributed by atoms with Gasteiger partial charge in [-0.05, 0) is 39.5 Å². The maximum atomic E-state index is 12.4. The van der Waals surface area contributed by atoms with Gasteiger partial charge in [-0.15, -0.1) is 0 Å². The van der Waals surface area contributed by atoms with Crippen LogP contribution in [0.2, 0.25) is 0 Å². The van der Waals surface area contributed by atoms with Crippen molar-refractivity contribution in [1.29, 1.82) is 0 Å². The Kier molecular flexibility index (Phi) is 4.17. The Labute approximate surface area is 115 Å². The molecule has 0 atom stereocenters. The number of aromatic nitrogens is 1. The predicted molar refractivity (Wildman–Crippen MR) is 74.4 cm³/mol. The van der Waals surface area contributed by atoms with E-state index >= 15 is 0 Å². The average molecular weight is 288 g/mol. The zero-order chi connectivity index (χ0) is 15.1. The van der Waals surface area contributed by atoms with Gasteiger partial charge in [-0.3, -0.25) is 0 Å². The maximum Gasteiger partial charge on any atom is 0.246 e. The van der Waals surface area contributed by atoms with Gasteiger partial charge in [0.25, 0.3) is 0 Å². The highest BCUT2D eigenvalue weighted by Crippen LogP contribution is 2.29. The first-order valence-corrected chi connectivity index (χ1v) is 7.79. The number of hydrogen-bond acceptors (Lipinski definition) is 4. The van der Waals surface area contributed by atoms with Crippen LogP contribution in [0.1, 0.15) is 52.5 Å². The lowest BCUT2D eigenvalue weighted by atomic mass is 9.82. The number of sulfonamides is 1. The van der Waals surface area contributed by atoms with Gasteiger partial charge in [0, 0.05) is 5.54 Å². The van der Waals surface area contributed by atoms with E-state index in [0.29, 0.717) is 11.5 Å². The van der Waals surface area contributed by atoms with E-state index in [4.69, 9.17) is 4.52 Å². The first-order chi connectivity index (χ1) is 8.34. The molecule has 1 heterocycles. The minimum atomic E-state index is -3.61. The number of nitrogens with zero attached hydrogens (tertiary/aromatic N) is 1. The Balaban J connectivity index is 3.05.